The van der Waals surface area contributed by atoms with Gasteiger partial charge in [-0.15, -0.1) is 11.6 Å². The second-order valence-corrected chi connectivity index (χ2v) is 18.7. The minimum Gasteiger partial charge on any atom is -0.469 e. The van der Waals surface area contributed by atoms with Crippen LogP contribution in [0.15, 0.2) is 0 Å². The molecule has 0 aliphatic heterocycles. The van der Waals surface area contributed by atoms with E-state index in [1.165, 1.54) is 0 Å². The first-order valence-corrected chi connectivity index (χ1v) is 18.3. The molecule has 0 bridgehead atoms. The summed E-state index contributed by atoms with van der Waals surface area (Å²) >= 11 is 6.46. The maximum absolute atomic E-state index is 14.6. The molecular weight excluding hydrogens is 574 g/mol. The van der Waals surface area contributed by atoms with Crippen molar-refractivity contribution in [2.45, 2.75) is 119 Å². The Hall–Kier alpha value is -1.17. The summed E-state index contributed by atoms with van der Waals surface area (Å²) in [6.07, 6.45) is 10.7. The molecule has 0 aromatic heterocycles. The third-order valence-electron chi connectivity index (χ3n) is 16.4. The van der Waals surface area contributed by atoms with Gasteiger partial charge in [-0.25, -0.2) is 0 Å². The van der Waals surface area contributed by atoms with Crippen LogP contribution in [0.2, 0.25) is 0 Å². The van der Waals surface area contributed by atoms with Crippen LogP contribution in [-0.4, -0.2) is 36.2 Å². The molecule has 248 valence electrons. The number of hydrogen-bond donors (Lipinski definition) is 0. The van der Waals surface area contributed by atoms with E-state index in [2.05, 4.69) is 48.5 Å². The van der Waals surface area contributed by atoms with Gasteiger partial charge in [0.1, 0.15) is 5.78 Å². The Labute approximate surface area is 270 Å². The molecule has 0 radical (unpaired) electrons. The van der Waals surface area contributed by atoms with Crippen molar-refractivity contribution in [3.05, 3.63) is 10.1 Å². The van der Waals surface area contributed by atoms with Crippen LogP contribution >= 0.6 is 11.6 Å². The topological polar surface area (TPSA) is 86.5 Å². The van der Waals surface area contributed by atoms with Crippen molar-refractivity contribution >= 4 is 23.4 Å². The zero-order valence-corrected chi connectivity index (χ0v) is 29.4. The molecule has 0 aromatic carbocycles. The Morgan fingerprint density at radius 3 is 2.25 bits per heavy atom. The molecule has 0 N–H and O–H groups in total. The lowest BCUT2D eigenvalue weighted by molar-refractivity contribution is -0.489. The van der Waals surface area contributed by atoms with Crippen LogP contribution in [0.5, 0.6) is 0 Å². The lowest BCUT2D eigenvalue weighted by Crippen LogP contribution is -2.68. The molecule has 7 heteroatoms. The highest BCUT2D eigenvalue weighted by molar-refractivity contribution is 6.18. The normalized spacial score (nSPS) is 51.0. The van der Waals surface area contributed by atoms with E-state index < -0.39 is 10.8 Å². The largest absolute Gasteiger partial charge is 0.469 e. The van der Waals surface area contributed by atoms with E-state index in [1.807, 2.05) is 0 Å². The molecule has 0 unspecified atom stereocenters. The van der Waals surface area contributed by atoms with Crippen LogP contribution in [0.4, 0.5) is 0 Å². The number of rotatable bonds is 5. The van der Waals surface area contributed by atoms with Gasteiger partial charge in [-0.1, -0.05) is 48.5 Å². The Bertz CT molecular complexity index is 1220. The smallest absolute Gasteiger partial charge is 0.312 e. The molecule has 12 atom stereocenters. The van der Waals surface area contributed by atoms with Gasteiger partial charge >= 0.3 is 5.97 Å². The molecule has 6 nitrogen and oxygen atoms in total. The Balaban J connectivity index is 1.40. The number of halogens is 1. The van der Waals surface area contributed by atoms with Crippen LogP contribution in [0.25, 0.3) is 0 Å². The SMILES string of the molecule is COC(=O)[C@]12CC[C@@H](C(C)C)[C@@H]1[C@H]1CC[C@@H]3[C@@]4(C)C[C@]5(C[C@@H](C[N+](=O)[O-])[C@@H](CCl)C5)C(=O)C(C)(C)[C@@H]4CC[C@@]3(C)[C@]1(C)CC2. The molecule has 44 heavy (non-hydrogen) atoms. The summed E-state index contributed by atoms with van der Waals surface area (Å²) < 4.78 is 5.57. The van der Waals surface area contributed by atoms with Crippen LogP contribution in [0.1, 0.15) is 119 Å². The van der Waals surface area contributed by atoms with E-state index in [4.69, 9.17) is 16.3 Å². The number of ether oxygens (including phenoxy) is 1. The Morgan fingerprint density at radius 2 is 1.64 bits per heavy atom. The number of hydrogen-bond acceptors (Lipinski definition) is 5. The second-order valence-electron chi connectivity index (χ2n) is 18.4. The van der Waals surface area contributed by atoms with Crippen molar-refractivity contribution in [1.29, 1.82) is 0 Å². The van der Waals surface area contributed by atoms with Gasteiger partial charge in [0.05, 0.1) is 12.5 Å². The first kappa shape index (κ1) is 32.8. The van der Waals surface area contributed by atoms with E-state index in [1.54, 1.807) is 7.11 Å². The predicted octanol–water partition coefficient (Wildman–Crippen LogP) is 8.60. The number of fused-ring (bicyclic) bond motifs is 7. The van der Waals surface area contributed by atoms with Crippen LogP contribution in [0.3, 0.4) is 0 Å². The summed E-state index contributed by atoms with van der Waals surface area (Å²) in [6.45, 7) is 16.7. The molecule has 6 rings (SSSR count). The van der Waals surface area contributed by atoms with Crippen molar-refractivity contribution in [2.75, 3.05) is 19.5 Å². The van der Waals surface area contributed by atoms with E-state index in [9.17, 15) is 19.7 Å². The quantitative estimate of drug-likeness (QED) is 0.131. The number of alkyl halides is 1. The molecule has 0 heterocycles. The highest BCUT2D eigenvalue weighted by atomic mass is 35.5. The first-order valence-electron chi connectivity index (χ1n) is 17.8. The summed E-state index contributed by atoms with van der Waals surface area (Å²) in [4.78, 5) is 39.7. The fourth-order valence-corrected chi connectivity index (χ4v) is 15.1. The van der Waals surface area contributed by atoms with Crippen LogP contribution in [-0.2, 0) is 14.3 Å². The van der Waals surface area contributed by atoms with Crippen molar-refractivity contribution in [2.24, 2.45) is 79.8 Å². The van der Waals surface area contributed by atoms with E-state index in [0.29, 0.717) is 60.0 Å². The van der Waals surface area contributed by atoms with Gasteiger partial charge in [0, 0.05) is 27.6 Å². The van der Waals surface area contributed by atoms with Crippen molar-refractivity contribution in [1.82, 2.24) is 0 Å². The molecule has 6 saturated carbocycles. The number of methoxy groups -OCH3 is 1. The maximum atomic E-state index is 14.6. The molecule has 0 saturated heterocycles. The third-order valence-corrected chi connectivity index (χ3v) is 16.8. The molecule has 6 aliphatic carbocycles. The monoisotopic (exact) mass is 631 g/mol. The first-order chi connectivity index (χ1) is 20.5. The van der Waals surface area contributed by atoms with Gasteiger partial charge in [-0.3, -0.25) is 19.7 Å². The van der Waals surface area contributed by atoms with E-state index in [0.717, 1.165) is 57.8 Å². The lowest BCUT2D eigenvalue weighted by atomic mass is 9.31. The third kappa shape index (κ3) is 4.09. The number of carbonyl (C=O) groups is 2. The number of nitrogens with zero attached hydrogens (tertiary/aromatic N) is 1. The van der Waals surface area contributed by atoms with Gasteiger partial charge in [-0.05, 0) is 128 Å². The van der Waals surface area contributed by atoms with E-state index >= 15 is 0 Å². The van der Waals surface area contributed by atoms with Gasteiger partial charge < -0.3 is 4.74 Å². The maximum Gasteiger partial charge on any atom is 0.312 e. The summed E-state index contributed by atoms with van der Waals surface area (Å²) in [6, 6.07) is 0. The van der Waals surface area contributed by atoms with Crippen LogP contribution in [0, 0.1) is 89.9 Å². The second kappa shape index (κ2) is 10.4. The minimum atomic E-state index is -0.522. The molecule has 1 spiro atoms. The van der Waals surface area contributed by atoms with Crippen molar-refractivity contribution in [3.63, 3.8) is 0 Å². The Kier molecular flexibility index (Phi) is 7.75. The van der Waals surface area contributed by atoms with Gasteiger partial charge in [0.25, 0.3) is 0 Å². The highest BCUT2D eigenvalue weighted by Gasteiger charge is 2.74. The zero-order valence-electron chi connectivity index (χ0n) is 28.7. The van der Waals surface area contributed by atoms with Crippen LogP contribution < -0.4 is 0 Å². The minimum absolute atomic E-state index is 0.0188. The summed E-state index contributed by atoms with van der Waals surface area (Å²) in [5, 5.41) is 11.7. The molecule has 6 aliphatic rings. The molecule has 0 amide bonds. The van der Waals surface area contributed by atoms with Gasteiger partial charge in [0.2, 0.25) is 6.54 Å². The summed E-state index contributed by atoms with van der Waals surface area (Å²) in [5.74, 6) is 3.40. The van der Waals surface area contributed by atoms with Gasteiger partial charge in [0.15, 0.2) is 0 Å². The predicted molar refractivity (Wildman–Crippen MR) is 173 cm³/mol. The molecular formula is C37H58ClNO5. The van der Waals surface area contributed by atoms with E-state index in [-0.39, 0.29) is 50.9 Å². The fraction of sp³-hybridized carbons (Fsp3) is 0.946. The van der Waals surface area contributed by atoms with Crippen molar-refractivity contribution in [3.8, 4) is 0 Å². The number of ketones is 1. The standard InChI is InChI=1S/C37H58ClNO5/c1-22(2)25-11-14-37(31(41)44-8)16-15-34(6)26(29(25)37)9-10-28-33(5)21-36(17-23(19-38)24(18-36)20-39(42)43)30(40)32(3,4)27(33)12-13-35(28,34)7/h22-29H,9-21H2,1-8H3/t23-,24+,25+,26-,27+,28-,29-,33+,34-,35-,36+,37+/m1/s1. The average molecular weight is 632 g/mol. The number of esters is 1. The fourth-order valence-electron chi connectivity index (χ4n) is 14.7. The average Bonchev–Trinajstić information content (AvgIpc) is 3.51. The molecule has 6 fully saturated rings. The highest BCUT2D eigenvalue weighted by Crippen LogP contribution is 2.79. The Morgan fingerprint density at radius 1 is 0.955 bits per heavy atom. The molecule has 0 aromatic rings. The zero-order chi connectivity index (χ0) is 32.3. The lowest BCUT2D eigenvalue weighted by Gasteiger charge is -2.73. The number of Topliss-reactive ketones (excluding diaryl/α,β-unsaturated/α-hetero) is 1. The number of carbonyl (C=O) groups excluding carboxylic acids is 2. The van der Waals surface area contributed by atoms with Gasteiger partial charge in [-0.2, -0.15) is 0 Å². The number of nitro groups is 1. The summed E-state index contributed by atoms with van der Waals surface area (Å²) in [5.41, 5.74) is -1.13. The summed E-state index contributed by atoms with van der Waals surface area (Å²) in [7, 11) is 1.58. The van der Waals surface area contributed by atoms with Crippen molar-refractivity contribution < 1.29 is 19.2 Å².